The molecule has 0 unspecified atom stereocenters. The number of carbonyl (C=O) groups excluding carboxylic acids is 2. The van der Waals surface area contributed by atoms with Crippen LogP contribution in [-0.2, 0) is 9.59 Å². The van der Waals surface area contributed by atoms with Gasteiger partial charge in [-0.2, -0.15) is 0 Å². The number of rotatable bonds is 4. The third-order valence-electron chi connectivity index (χ3n) is 3.71. The molecule has 6 heteroatoms. The molecule has 2 heterocycles. The largest absolute Gasteiger partial charge is 0.350 e. The van der Waals surface area contributed by atoms with Crippen molar-refractivity contribution in [1.82, 2.24) is 4.90 Å². The van der Waals surface area contributed by atoms with Gasteiger partial charge in [-0.25, -0.2) is 0 Å². The molecule has 0 saturated carbocycles. The normalized spacial score (nSPS) is 14.8. The molecule has 1 aliphatic rings. The molecule has 23 heavy (non-hydrogen) atoms. The van der Waals surface area contributed by atoms with Crippen molar-refractivity contribution in [3.05, 3.63) is 56.9 Å². The number of amides is 2. The summed E-state index contributed by atoms with van der Waals surface area (Å²) in [5, 5.41) is 5.58. The molecule has 0 spiro atoms. The molecule has 1 N–H and O–H groups in total. The van der Waals surface area contributed by atoms with Crippen molar-refractivity contribution in [3.8, 4) is 0 Å². The molecular formula is C17H15ClN2O2S. The Labute approximate surface area is 143 Å². The summed E-state index contributed by atoms with van der Waals surface area (Å²) in [6.45, 7) is 4.05. The quantitative estimate of drug-likeness (QED) is 0.853. The van der Waals surface area contributed by atoms with E-state index in [1.165, 1.54) is 16.2 Å². The van der Waals surface area contributed by atoms with Gasteiger partial charge < -0.3 is 5.32 Å². The van der Waals surface area contributed by atoms with Crippen LogP contribution in [0.3, 0.4) is 0 Å². The summed E-state index contributed by atoms with van der Waals surface area (Å²) in [4.78, 5) is 27.2. The molecule has 0 fully saturated rings. The van der Waals surface area contributed by atoms with Gasteiger partial charge in [0.05, 0.1) is 5.57 Å². The third kappa shape index (κ3) is 2.78. The van der Waals surface area contributed by atoms with Crippen LogP contribution in [0.25, 0.3) is 5.57 Å². The molecule has 2 aromatic rings. The number of imide groups is 1. The Morgan fingerprint density at radius 1 is 1.22 bits per heavy atom. The minimum atomic E-state index is -0.305. The molecule has 4 nitrogen and oxygen atoms in total. The van der Waals surface area contributed by atoms with Crippen LogP contribution in [0.2, 0.25) is 5.02 Å². The van der Waals surface area contributed by atoms with Crippen LogP contribution < -0.4 is 5.32 Å². The summed E-state index contributed by atoms with van der Waals surface area (Å²) >= 11 is 7.48. The van der Waals surface area contributed by atoms with E-state index in [1.807, 2.05) is 30.5 Å². The fraction of sp³-hybridized carbons (Fsp3) is 0.176. The van der Waals surface area contributed by atoms with E-state index in [0.29, 0.717) is 22.8 Å². The predicted molar refractivity (Wildman–Crippen MR) is 93.4 cm³/mol. The second-order valence-corrected chi connectivity index (χ2v) is 6.55. The van der Waals surface area contributed by atoms with Gasteiger partial charge in [0, 0.05) is 22.1 Å². The summed E-state index contributed by atoms with van der Waals surface area (Å²) in [5.41, 5.74) is 2.40. The average molecular weight is 347 g/mol. The zero-order chi connectivity index (χ0) is 16.6. The van der Waals surface area contributed by atoms with Crippen molar-refractivity contribution in [3.63, 3.8) is 0 Å². The van der Waals surface area contributed by atoms with Crippen molar-refractivity contribution in [2.24, 2.45) is 0 Å². The molecule has 2 amide bonds. The molecule has 118 valence electrons. The van der Waals surface area contributed by atoms with Gasteiger partial charge in [-0.15, -0.1) is 11.3 Å². The number of hydrogen-bond donors (Lipinski definition) is 1. The zero-order valence-corrected chi connectivity index (χ0v) is 14.3. The van der Waals surface area contributed by atoms with E-state index in [1.54, 1.807) is 19.1 Å². The standard InChI is InChI=1S/C17H15ClN2O2S/c1-3-20-16(21)14(13-5-4-8-23-13)15(17(20)22)19-12-9-11(18)7-6-10(12)2/h4-9,19H,3H2,1-2H3. The number of thiophene rings is 1. The Balaban J connectivity index is 2.10. The first kappa shape index (κ1) is 15.8. The van der Waals surface area contributed by atoms with Gasteiger partial charge in [-0.05, 0) is 43.0 Å². The maximum absolute atomic E-state index is 12.6. The highest BCUT2D eigenvalue weighted by atomic mass is 35.5. The Kier molecular flexibility index (Phi) is 4.24. The summed E-state index contributed by atoms with van der Waals surface area (Å²) in [5.74, 6) is -0.567. The summed E-state index contributed by atoms with van der Waals surface area (Å²) in [6, 6.07) is 9.12. The number of likely N-dealkylation sites (N-methyl/N-ethyl adjacent to an activating group) is 1. The third-order valence-corrected chi connectivity index (χ3v) is 4.83. The molecular weight excluding hydrogens is 332 g/mol. The maximum atomic E-state index is 12.6. The monoisotopic (exact) mass is 346 g/mol. The summed E-state index contributed by atoms with van der Waals surface area (Å²) < 4.78 is 0. The van der Waals surface area contributed by atoms with E-state index in [-0.39, 0.29) is 11.8 Å². The highest BCUT2D eigenvalue weighted by Crippen LogP contribution is 2.33. The highest BCUT2D eigenvalue weighted by molar-refractivity contribution is 7.11. The van der Waals surface area contributed by atoms with Gasteiger partial charge in [0.1, 0.15) is 5.70 Å². The van der Waals surface area contributed by atoms with Crippen LogP contribution in [0.4, 0.5) is 5.69 Å². The van der Waals surface area contributed by atoms with Crippen LogP contribution in [0, 0.1) is 6.92 Å². The fourth-order valence-corrected chi connectivity index (χ4v) is 3.43. The van der Waals surface area contributed by atoms with Gasteiger partial charge in [-0.3, -0.25) is 14.5 Å². The van der Waals surface area contributed by atoms with Crippen LogP contribution in [0.15, 0.2) is 41.4 Å². The van der Waals surface area contributed by atoms with E-state index in [2.05, 4.69) is 5.32 Å². The number of halogens is 1. The van der Waals surface area contributed by atoms with Crippen molar-refractivity contribution >= 4 is 46.0 Å². The van der Waals surface area contributed by atoms with Gasteiger partial charge in [0.25, 0.3) is 11.8 Å². The number of nitrogens with one attached hydrogen (secondary N) is 1. The highest BCUT2D eigenvalue weighted by Gasteiger charge is 2.38. The molecule has 0 atom stereocenters. The van der Waals surface area contributed by atoms with Crippen LogP contribution >= 0.6 is 22.9 Å². The lowest BCUT2D eigenvalue weighted by atomic mass is 10.1. The molecule has 0 radical (unpaired) electrons. The van der Waals surface area contributed by atoms with Gasteiger partial charge >= 0.3 is 0 Å². The molecule has 0 saturated heterocycles. The van der Waals surface area contributed by atoms with E-state index >= 15 is 0 Å². The smallest absolute Gasteiger partial charge is 0.278 e. The van der Waals surface area contributed by atoms with Crippen molar-refractivity contribution in [2.75, 3.05) is 11.9 Å². The van der Waals surface area contributed by atoms with Crippen molar-refractivity contribution in [1.29, 1.82) is 0 Å². The Bertz CT molecular complexity index is 812. The van der Waals surface area contributed by atoms with E-state index < -0.39 is 0 Å². The van der Waals surface area contributed by atoms with Crippen LogP contribution in [-0.4, -0.2) is 23.3 Å². The topological polar surface area (TPSA) is 49.4 Å². The lowest BCUT2D eigenvalue weighted by Crippen LogP contribution is -2.32. The van der Waals surface area contributed by atoms with Crippen LogP contribution in [0.1, 0.15) is 17.4 Å². The molecule has 0 bridgehead atoms. The molecule has 3 rings (SSSR count). The maximum Gasteiger partial charge on any atom is 0.278 e. The van der Waals surface area contributed by atoms with Crippen molar-refractivity contribution < 1.29 is 9.59 Å². The number of anilines is 1. The predicted octanol–water partition coefficient (Wildman–Crippen LogP) is 3.92. The zero-order valence-electron chi connectivity index (χ0n) is 12.7. The van der Waals surface area contributed by atoms with Crippen molar-refractivity contribution in [2.45, 2.75) is 13.8 Å². The SMILES string of the molecule is CCN1C(=O)C(Nc2cc(Cl)ccc2C)=C(c2cccs2)C1=O. The lowest BCUT2D eigenvalue weighted by Gasteiger charge is -2.13. The first-order chi connectivity index (χ1) is 11.0. The summed E-state index contributed by atoms with van der Waals surface area (Å²) in [6.07, 6.45) is 0. The van der Waals surface area contributed by atoms with E-state index in [0.717, 1.165) is 16.1 Å². The van der Waals surface area contributed by atoms with Crippen LogP contribution in [0.5, 0.6) is 0 Å². The fourth-order valence-electron chi connectivity index (χ4n) is 2.49. The average Bonchev–Trinajstić information content (AvgIpc) is 3.11. The number of benzene rings is 1. The second kappa shape index (κ2) is 6.18. The molecule has 0 aliphatic carbocycles. The van der Waals surface area contributed by atoms with Gasteiger partial charge in [-0.1, -0.05) is 23.7 Å². The first-order valence-electron chi connectivity index (χ1n) is 7.20. The van der Waals surface area contributed by atoms with E-state index in [9.17, 15) is 9.59 Å². The van der Waals surface area contributed by atoms with E-state index in [4.69, 9.17) is 11.6 Å². The first-order valence-corrected chi connectivity index (χ1v) is 8.46. The molecule has 1 aromatic carbocycles. The van der Waals surface area contributed by atoms with Gasteiger partial charge in [0.2, 0.25) is 0 Å². The Morgan fingerprint density at radius 2 is 2.00 bits per heavy atom. The minimum Gasteiger partial charge on any atom is -0.350 e. The number of hydrogen-bond acceptors (Lipinski definition) is 4. The molecule has 1 aromatic heterocycles. The number of carbonyl (C=O) groups is 2. The Morgan fingerprint density at radius 3 is 2.65 bits per heavy atom. The minimum absolute atomic E-state index is 0.262. The Hall–Kier alpha value is -2.11. The summed E-state index contributed by atoms with van der Waals surface area (Å²) in [7, 11) is 0. The number of aryl methyl sites for hydroxylation is 1. The lowest BCUT2D eigenvalue weighted by molar-refractivity contribution is -0.136. The number of nitrogens with zero attached hydrogens (tertiary/aromatic N) is 1. The second-order valence-electron chi connectivity index (χ2n) is 5.17. The van der Waals surface area contributed by atoms with Gasteiger partial charge in [0.15, 0.2) is 0 Å². The molecule has 1 aliphatic heterocycles.